The van der Waals surface area contributed by atoms with Crippen molar-refractivity contribution in [3.8, 4) is 0 Å². The van der Waals surface area contributed by atoms with Gasteiger partial charge in [-0.3, -0.25) is 9.59 Å². The molecule has 29 heavy (non-hydrogen) atoms. The maximum absolute atomic E-state index is 13.1. The van der Waals surface area contributed by atoms with Gasteiger partial charge >= 0.3 is 0 Å². The average molecular weight is 400 g/mol. The van der Waals surface area contributed by atoms with E-state index in [0.717, 1.165) is 49.2 Å². The van der Waals surface area contributed by atoms with E-state index in [1.165, 1.54) is 19.3 Å². The molecule has 2 heterocycles. The molecule has 0 aromatic heterocycles. The standard InChI is InChI=1S/C23H33N3O3/c1-24-23(29)22(17-8-7-16-12-21(28)25-20(16)11-17)19(15-5-3-2-4-6-15)14-26-10-9-18(27)13-26/h7-8,11,15,18-19,22,27H,2-6,9-10,12-14H2,1H3,(H,24,29)(H,25,28)/t18-,19-,22?/m0/s1. The van der Waals surface area contributed by atoms with Crippen LogP contribution in [-0.4, -0.2) is 54.6 Å². The second-order valence-corrected chi connectivity index (χ2v) is 9.00. The van der Waals surface area contributed by atoms with E-state index in [1.807, 2.05) is 18.2 Å². The number of likely N-dealkylation sites (tertiary alicyclic amines) is 1. The number of hydrogen-bond donors (Lipinski definition) is 3. The lowest BCUT2D eigenvalue weighted by Crippen LogP contribution is -2.41. The molecule has 1 saturated carbocycles. The van der Waals surface area contributed by atoms with Gasteiger partial charge in [-0.2, -0.15) is 0 Å². The first kappa shape index (κ1) is 20.4. The maximum atomic E-state index is 13.1. The Kier molecular flexibility index (Phi) is 6.20. The highest BCUT2D eigenvalue weighted by Crippen LogP contribution is 2.41. The quantitative estimate of drug-likeness (QED) is 0.685. The van der Waals surface area contributed by atoms with Crippen molar-refractivity contribution >= 4 is 17.5 Å². The molecule has 1 saturated heterocycles. The second kappa shape index (κ2) is 8.84. The van der Waals surface area contributed by atoms with Gasteiger partial charge in [-0.25, -0.2) is 0 Å². The number of likely N-dealkylation sites (N-methyl/N-ethyl adjacent to an activating group) is 1. The van der Waals surface area contributed by atoms with Crippen LogP contribution in [0.2, 0.25) is 0 Å². The van der Waals surface area contributed by atoms with E-state index in [4.69, 9.17) is 0 Å². The maximum Gasteiger partial charge on any atom is 0.228 e. The third-order valence-corrected chi connectivity index (χ3v) is 7.05. The van der Waals surface area contributed by atoms with Crippen LogP contribution in [0.5, 0.6) is 0 Å². The van der Waals surface area contributed by atoms with Crippen LogP contribution in [-0.2, 0) is 16.0 Å². The Labute approximate surface area is 173 Å². The van der Waals surface area contributed by atoms with Gasteiger partial charge in [-0.05, 0) is 35.4 Å². The average Bonchev–Trinajstić information content (AvgIpc) is 3.31. The van der Waals surface area contributed by atoms with Gasteiger partial charge in [-0.1, -0.05) is 44.2 Å². The van der Waals surface area contributed by atoms with Crippen LogP contribution in [0.3, 0.4) is 0 Å². The van der Waals surface area contributed by atoms with Crippen LogP contribution in [0.1, 0.15) is 55.6 Å². The molecular weight excluding hydrogens is 366 g/mol. The van der Waals surface area contributed by atoms with Gasteiger partial charge in [0.2, 0.25) is 11.8 Å². The summed E-state index contributed by atoms with van der Waals surface area (Å²) in [5, 5.41) is 15.8. The molecule has 1 aromatic rings. The zero-order valence-electron chi connectivity index (χ0n) is 17.3. The summed E-state index contributed by atoms with van der Waals surface area (Å²) in [6.07, 6.45) is 7.03. The van der Waals surface area contributed by atoms with E-state index in [-0.39, 0.29) is 29.8 Å². The third kappa shape index (κ3) is 4.48. The van der Waals surface area contributed by atoms with Gasteiger partial charge in [-0.15, -0.1) is 0 Å². The van der Waals surface area contributed by atoms with Crippen LogP contribution in [0, 0.1) is 11.8 Å². The Morgan fingerprint density at radius 1 is 1.28 bits per heavy atom. The Bertz CT molecular complexity index is 760. The Morgan fingerprint density at radius 3 is 2.76 bits per heavy atom. The van der Waals surface area contributed by atoms with Gasteiger partial charge in [0.05, 0.1) is 18.4 Å². The normalized spacial score (nSPS) is 24.8. The van der Waals surface area contributed by atoms with Crippen molar-refractivity contribution in [1.29, 1.82) is 0 Å². The lowest BCUT2D eigenvalue weighted by molar-refractivity contribution is -0.124. The number of rotatable bonds is 6. The van der Waals surface area contributed by atoms with Crippen molar-refractivity contribution < 1.29 is 14.7 Å². The highest BCUT2D eigenvalue weighted by atomic mass is 16.3. The zero-order chi connectivity index (χ0) is 20.4. The van der Waals surface area contributed by atoms with Gasteiger partial charge < -0.3 is 20.6 Å². The van der Waals surface area contributed by atoms with Gasteiger partial charge in [0, 0.05) is 32.4 Å². The molecule has 0 spiro atoms. The van der Waals surface area contributed by atoms with E-state index in [1.54, 1.807) is 7.05 Å². The van der Waals surface area contributed by atoms with E-state index in [0.29, 0.717) is 18.9 Å². The molecule has 3 N–H and O–H groups in total. The van der Waals surface area contributed by atoms with Crippen LogP contribution in [0.15, 0.2) is 18.2 Å². The highest BCUT2D eigenvalue weighted by Gasteiger charge is 2.38. The molecule has 2 amide bonds. The van der Waals surface area contributed by atoms with Crippen molar-refractivity contribution in [2.24, 2.45) is 11.8 Å². The number of benzene rings is 1. The lowest BCUT2D eigenvalue weighted by atomic mass is 9.71. The summed E-state index contributed by atoms with van der Waals surface area (Å²) >= 11 is 0. The van der Waals surface area contributed by atoms with E-state index in [9.17, 15) is 14.7 Å². The zero-order valence-corrected chi connectivity index (χ0v) is 17.3. The molecule has 6 heteroatoms. The van der Waals surface area contributed by atoms with E-state index in [2.05, 4.69) is 15.5 Å². The summed E-state index contributed by atoms with van der Waals surface area (Å²) in [5.74, 6) is 0.527. The Balaban J connectivity index is 1.66. The number of amides is 2. The topological polar surface area (TPSA) is 81.7 Å². The predicted octanol–water partition coefficient (Wildman–Crippen LogP) is 2.27. The number of nitrogens with one attached hydrogen (secondary N) is 2. The van der Waals surface area contributed by atoms with Crippen LogP contribution in [0.25, 0.3) is 0 Å². The summed E-state index contributed by atoms with van der Waals surface area (Å²) in [4.78, 5) is 27.3. The molecule has 3 aliphatic rings. The number of hydrogen-bond acceptors (Lipinski definition) is 4. The second-order valence-electron chi connectivity index (χ2n) is 9.00. The molecule has 2 fully saturated rings. The largest absolute Gasteiger partial charge is 0.392 e. The smallest absolute Gasteiger partial charge is 0.228 e. The summed E-state index contributed by atoms with van der Waals surface area (Å²) in [7, 11) is 1.71. The van der Waals surface area contributed by atoms with Crippen molar-refractivity contribution in [3.05, 3.63) is 29.3 Å². The van der Waals surface area contributed by atoms with Gasteiger partial charge in [0.1, 0.15) is 0 Å². The third-order valence-electron chi connectivity index (χ3n) is 7.05. The molecule has 1 unspecified atom stereocenters. The Hall–Kier alpha value is -1.92. The lowest BCUT2D eigenvalue weighted by Gasteiger charge is -2.37. The predicted molar refractivity (Wildman–Crippen MR) is 113 cm³/mol. The van der Waals surface area contributed by atoms with Crippen LogP contribution < -0.4 is 10.6 Å². The summed E-state index contributed by atoms with van der Waals surface area (Å²) in [6.45, 7) is 2.43. The minimum absolute atomic E-state index is 0.0172. The first-order valence-electron chi connectivity index (χ1n) is 11.1. The molecule has 3 atom stereocenters. The van der Waals surface area contributed by atoms with Crippen molar-refractivity contribution in [1.82, 2.24) is 10.2 Å². The molecule has 6 nitrogen and oxygen atoms in total. The molecule has 0 bridgehead atoms. The highest BCUT2D eigenvalue weighted by molar-refractivity contribution is 5.99. The minimum Gasteiger partial charge on any atom is -0.392 e. The molecule has 1 aliphatic carbocycles. The van der Waals surface area contributed by atoms with E-state index >= 15 is 0 Å². The molecule has 2 aliphatic heterocycles. The number of aliphatic hydroxyl groups excluding tert-OH is 1. The number of fused-ring (bicyclic) bond motifs is 1. The van der Waals surface area contributed by atoms with Crippen molar-refractivity contribution in [2.75, 3.05) is 32.0 Å². The minimum atomic E-state index is -0.254. The number of carbonyl (C=O) groups excluding carboxylic acids is 2. The Morgan fingerprint density at radius 2 is 2.07 bits per heavy atom. The van der Waals surface area contributed by atoms with Crippen molar-refractivity contribution in [2.45, 2.75) is 57.0 Å². The summed E-state index contributed by atoms with van der Waals surface area (Å²) in [6, 6.07) is 6.04. The van der Waals surface area contributed by atoms with E-state index < -0.39 is 0 Å². The molecular formula is C23H33N3O3. The number of anilines is 1. The van der Waals surface area contributed by atoms with Gasteiger partial charge in [0.25, 0.3) is 0 Å². The fourth-order valence-corrected chi connectivity index (χ4v) is 5.54. The first-order valence-corrected chi connectivity index (χ1v) is 11.1. The van der Waals surface area contributed by atoms with Crippen molar-refractivity contribution in [3.63, 3.8) is 0 Å². The summed E-state index contributed by atoms with van der Waals surface area (Å²) < 4.78 is 0. The molecule has 158 valence electrons. The number of carbonyl (C=O) groups is 2. The molecule has 0 radical (unpaired) electrons. The molecule has 4 rings (SSSR count). The van der Waals surface area contributed by atoms with Crippen LogP contribution >= 0.6 is 0 Å². The fourth-order valence-electron chi connectivity index (χ4n) is 5.54. The first-order chi connectivity index (χ1) is 14.0. The van der Waals surface area contributed by atoms with Crippen LogP contribution in [0.4, 0.5) is 5.69 Å². The monoisotopic (exact) mass is 399 g/mol. The molecule has 1 aromatic carbocycles. The van der Waals surface area contributed by atoms with Gasteiger partial charge in [0.15, 0.2) is 0 Å². The summed E-state index contributed by atoms with van der Waals surface area (Å²) in [5.41, 5.74) is 2.84. The number of nitrogens with zero attached hydrogens (tertiary/aromatic N) is 1. The fraction of sp³-hybridized carbons (Fsp3) is 0.652. The number of aliphatic hydroxyl groups is 1. The SMILES string of the molecule is CNC(=O)C(c1ccc2c(c1)NC(=O)C2)[C@@H](CN1CC[C@H](O)C1)C1CCCCC1. The number of β-amino-alcohol motifs (C(OH)–C–C–N with tert-alkyl or cyclic N) is 1.